The van der Waals surface area contributed by atoms with Crippen LogP contribution in [0.2, 0.25) is 0 Å². The Hall–Kier alpha value is -1.88. The number of rotatable bonds is 4. The standard InChI is InChI=1S/C14H17N3O2/c1-10-12(17-7-3-2-4-11(17)16-10)13(19)15-8-14(9-18)5-6-14/h2-4,7,18H,5-6,8-9H2,1H3,(H,15,19). The smallest absolute Gasteiger partial charge is 0.270 e. The molecule has 19 heavy (non-hydrogen) atoms. The third-order valence-electron chi connectivity index (χ3n) is 3.84. The van der Waals surface area contributed by atoms with Crippen LogP contribution >= 0.6 is 0 Å². The minimum Gasteiger partial charge on any atom is -0.396 e. The van der Waals surface area contributed by atoms with E-state index in [9.17, 15) is 9.90 Å². The molecule has 0 aromatic carbocycles. The van der Waals surface area contributed by atoms with E-state index in [1.165, 1.54) is 0 Å². The van der Waals surface area contributed by atoms with Gasteiger partial charge in [0.15, 0.2) is 0 Å². The molecule has 1 saturated carbocycles. The fraction of sp³-hybridized carbons (Fsp3) is 0.429. The molecule has 0 aliphatic heterocycles. The van der Waals surface area contributed by atoms with Crippen molar-refractivity contribution < 1.29 is 9.90 Å². The van der Waals surface area contributed by atoms with Crippen molar-refractivity contribution >= 4 is 11.6 Å². The predicted octanol–water partition coefficient (Wildman–Crippen LogP) is 1.15. The summed E-state index contributed by atoms with van der Waals surface area (Å²) in [5.41, 5.74) is 1.99. The van der Waals surface area contributed by atoms with E-state index in [0.717, 1.165) is 24.2 Å². The second-order valence-corrected chi connectivity index (χ2v) is 5.32. The molecule has 0 radical (unpaired) electrons. The summed E-state index contributed by atoms with van der Waals surface area (Å²) in [6, 6.07) is 5.65. The number of imidazole rings is 1. The Morgan fingerprint density at radius 2 is 2.32 bits per heavy atom. The van der Waals surface area contributed by atoms with Gasteiger partial charge in [0, 0.05) is 18.2 Å². The third-order valence-corrected chi connectivity index (χ3v) is 3.84. The molecule has 5 nitrogen and oxygen atoms in total. The van der Waals surface area contributed by atoms with Gasteiger partial charge in [0.05, 0.1) is 12.3 Å². The van der Waals surface area contributed by atoms with Gasteiger partial charge in [-0.2, -0.15) is 0 Å². The normalized spacial score (nSPS) is 16.5. The van der Waals surface area contributed by atoms with Crippen LogP contribution in [-0.2, 0) is 0 Å². The molecule has 0 saturated heterocycles. The molecule has 2 aromatic heterocycles. The molecule has 2 heterocycles. The largest absolute Gasteiger partial charge is 0.396 e. The van der Waals surface area contributed by atoms with E-state index in [0.29, 0.717) is 12.2 Å². The Morgan fingerprint density at radius 1 is 1.53 bits per heavy atom. The number of carbonyl (C=O) groups excluding carboxylic acids is 1. The maximum atomic E-state index is 12.3. The van der Waals surface area contributed by atoms with Crippen molar-refractivity contribution in [2.45, 2.75) is 19.8 Å². The van der Waals surface area contributed by atoms with Crippen LogP contribution in [-0.4, -0.2) is 33.6 Å². The number of amides is 1. The maximum Gasteiger partial charge on any atom is 0.270 e. The molecule has 1 fully saturated rings. The molecule has 0 spiro atoms. The predicted molar refractivity (Wildman–Crippen MR) is 71.0 cm³/mol. The number of aliphatic hydroxyl groups is 1. The minimum atomic E-state index is -0.129. The van der Waals surface area contributed by atoms with Gasteiger partial charge in [0.1, 0.15) is 11.3 Å². The van der Waals surface area contributed by atoms with Crippen LogP contribution in [0.5, 0.6) is 0 Å². The number of hydrogen-bond acceptors (Lipinski definition) is 3. The first-order valence-corrected chi connectivity index (χ1v) is 6.48. The van der Waals surface area contributed by atoms with Crippen LogP contribution in [0.3, 0.4) is 0 Å². The average molecular weight is 259 g/mol. The van der Waals surface area contributed by atoms with Crippen LogP contribution in [0.15, 0.2) is 24.4 Å². The molecule has 0 bridgehead atoms. The number of hydrogen-bond donors (Lipinski definition) is 2. The first kappa shape index (κ1) is 12.2. The van der Waals surface area contributed by atoms with E-state index in [2.05, 4.69) is 10.3 Å². The molecule has 1 amide bonds. The summed E-state index contributed by atoms with van der Waals surface area (Å²) in [7, 11) is 0. The Kier molecular flexibility index (Phi) is 2.78. The van der Waals surface area contributed by atoms with Crippen LogP contribution in [0.25, 0.3) is 5.65 Å². The first-order valence-electron chi connectivity index (χ1n) is 6.48. The first-order chi connectivity index (χ1) is 9.15. The maximum absolute atomic E-state index is 12.3. The Balaban J connectivity index is 1.83. The summed E-state index contributed by atoms with van der Waals surface area (Å²) >= 11 is 0. The van der Waals surface area contributed by atoms with Crippen LogP contribution < -0.4 is 5.32 Å². The van der Waals surface area contributed by atoms with Gasteiger partial charge in [-0.3, -0.25) is 9.20 Å². The second-order valence-electron chi connectivity index (χ2n) is 5.32. The summed E-state index contributed by atoms with van der Waals surface area (Å²) in [6.07, 6.45) is 3.80. The zero-order valence-corrected chi connectivity index (χ0v) is 10.9. The van der Waals surface area contributed by atoms with Crippen LogP contribution in [0.4, 0.5) is 0 Å². The Morgan fingerprint density at radius 3 is 3.00 bits per heavy atom. The molecule has 2 N–H and O–H groups in total. The van der Waals surface area contributed by atoms with Crippen molar-refractivity contribution in [1.29, 1.82) is 0 Å². The molecular weight excluding hydrogens is 242 g/mol. The number of aryl methyl sites for hydroxylation is 1. The summed E-state index contributed by atoms with van der Waals surface area (Å²) in [4.78, 5) is 16.6. The highest BCUT2D eigenvalue weighted by molar-refractivity contribution is 5.94. The highest BCUT2D eigenvalue weighted by Crippen LogP contribution is 2.44. The van der Waals surface area contributed by atoms with E-state index >= 15 is 0 Å². The molecule has 0 unspecified atom stereocenters. The van der Waals surface area contributed by atoms with E-state index in [-0.39, 0.29) is 17.9 Å². The number of nitrogens with one attached hydrogen (secondary N) is 1. The lowest BCUT2D eigenvalue weighted by atomic mass is 10.1. The number of fused-ring (bicyclic) bond motifs is 1. The summed E-state index contributed by atoms with van der Waals surface area (Å²) in [5, 5.41) is 12.2. The second kappa shape index (κ2) is 4.35. The molecular formula is C14H17N3O2. The van der Waals surface area contributed by atoms with Crippen molar-refractivity contribution in [3.8, 4) is 0 Å². The van der Waals surface area contributed by atoms with Gasteiger partial charge in [-0.25, -0.2) is 4.98 Å². The van der Waals surface area contributed by atoms with Crippen LogP contribution in [0.1, 0.15) is 29.0 Å². The van der Waals surface area contributed by atoms with E-state index < -0.39 is 0 Å². The Labute approximate surface area is 111 Å². The minimum absolute atomic E-state index is 0.0793. The lowest BCUT2D eigenvalue weighted by Crippen LogP contribution is -2.32. The fourth-order valence-electron chi connectivity index (χ4n) is 2.31. The monoisotopic (exact) mass is 259 g/mol. The highest BCUT2D eigenvalue weighted by atomic mass is 16.3. The zero-order valence-electron chi connectivity index (χ0n) is 10.9. The SMILES string of the molecule is Cc1nc2ccccn2c1C(=O)NCC1(CO)CC1. The number of aromatic nitrogens is 2. The van der Waals surface area contributed by atoms with E-state index in [4.69, 9.17) is 0 Å². The lowest BCUT2D eigenvalue weighted by Gasteiger charge is -2.12. The summed E-state index contributed by atoms with van der Waals surface area (Å²) in [5.74, 6) is -0.129. The van der Waals surface area contributed by atoms with Gasteiger partial charge in [0.2, 0.25) is 0 Å². The molecule has 5 heteroatoms. The fourth-order valence-corrected chi connectivity index (χ4v) is 2.31. The average Bonchev–Trinajstić information content (AvgIpc) is 3.12. The van der Waals surface area contributed by atoms with Gasteiger partial charge in [-0.1, -0.05) is 6.07 Å². The van der Waals surface area contributed by atoms with Crippen LogP contribution in [0, 0.1) is 12.3 Å². The lowest BCUT2D eigenvalue weighted by molar-refractivity contribution is 0.0928. The van der Waals surface area contributed by atoms with Crippen molar-refractivity contribution in [2.75, 3.05) is 13.2 Å². The summed E-state index contributed by atoms with van der Waals surface area (Å²) in [6.45, 7) is 2.50. The van der Waals surface area contributed by atoms with Crippen molar-refractivity contribution in [1.82, 2.24) is 14.7 Å². The quantitative estimate of drug-likeness (QED) is 0.865. The number of pyridine rings is 1. The molecule has 1 aliphatic rings. The van der Waals surface area contributed by atoms with Gasteiger partial charge in [-0.05, 0) is 31.9 Å². The van der Waals surface area contributed by atoms with Crippen molar-refractivity contribution in [2.24, 2.45) is 5.41 Å². The Bertz CT molecular complexity index is 629. The van der Waals surface area contributed by atoms with Gasteiger partial charge < -0.3 is 10.4 Å². The topological polar surface area (TPSA) is 66.6 Å². The summed E-state index contributed by atoms with van der Waals surface area (Å²) < 4.78 is 1.79. The zero-order chi connectivity index (χ0) is 13.5. The molecule has 100 valence electrons. The molecule has 3 rings (SSSR count). The number of nitrogens with zero attached hydrogens (tertiary/aromatic N) is 2. The third kappa shape index (κ3) is 2.10. The van der Waals surface area contributed by atoms with E-state index in [1.54, 1.807) is 4.40 Å². The highest BCUT2D eigenvalue weighted by Gasteiger charge is 2.42. The van der Waals surface area contributed by atoms with E-state index in [1.807, 2.05) is 31.3 Å². The molecule has 0 atom stereocenters. The molecule has 1 aliphatic carbocycles. The van der Waals surface area contributed by atoms with Gasteiger partial charge >= 0.3 is 0 Å². The molecule has 2 aromatic rings. The number of aliphatic hydroxyl groups excluding tert-OH is 1. The van der Waals surface area contributed by atoms with Gasteiger partial charge in [-0.15, -0.1) is 0 Å². The van der Waals surface area contributed by atoms with Gasteiger partial charge in [0.25, 0.3) is 5.91 Å². The van der Waals surface area contributed by atoms with Crippen molar-refractivity contribution in [3.63, 3.8) is 0 Å². The van der Waals surface area contributed by atoms with Crippen molar-refractivity contribution in [3.05, 3.63) is 35.8 Å². The number of carbonyl (C=O) groups is 1.